The van der Waals surface area contributed by atoms with Gasteiger partial charge in [-0.2, -0.15) is 0 Å². The van der Waals surface area contributed by atoms with Gasteiger partial charge >= 0.3 is 0 Å². The minimum atomic E-state index is -0.00356. The van der Waals surface area contributed by atoms with E-state index in [1.54, 1.807) is 0 Å². The highest BCUT2D eigenvalue weighted by molar-refractivity contribution is 5.81. The Kier molecular flexibility index (Phi) is 7.39. The summed E-state index contributed by atoms with van der Waals surface area (Å²) in [5.74, 6) is 0.186. The van der Waals surface area contributed by atoms with Gasteiger partial charge in [0.1, 0.15) is 0 Å². The monoisotopic (exact) mass is 269 g/mol. The molecule has 0 saturated carbocycles. The number of carbonyl (C=O) groups excluding carboxylic acids is 1. The van der Waals surface area contributed by atoms with Crippen molar-refractivity contribution in [2.24, 2.45) is 0 Å². The molecule has 1 aliphatic rings. The van der Waals surface area contributed by atoms with E-state index in [0.29, 0.717) is 6.04 Å². The molecule has 2 N–H and O–H groups in total. The fraction of sp³-hybridized carbons (Fsp3) is 0.933. The molecule has 1 heterocycles. The van der Waals surface area contributed by atoms with E-state index in [0.717, 1.165) is 25.9 Å². The van der Waals surface area contributed by atoms with E-state index in [9.17, 15) is 4.79 Å². The number of carbonyl (C=O) groups is 1. The second kappa shape index (κ2) is 8.54. The standard InChI is InChI=1S/C15H31N3O/c1-5-12(2)17-15(19)13(3)18-11-7-6-8-14(18)9-10-16-4/h12-14,16H,5-11H2,1-4H3,(H,17,19). The van der Waals surface area contributed by atoms with Gasteiger partial charge in [-0.25, -0.2) is 0 Å². The van der Waals surface area contributed by atoms with Crippen molar-refractivity contribution in [1.82, 2.24) is 15.5 Å². The Morgan fingerprint density at radius 1 is 1.37 bits per heavy atom. The van der Waals surface area contributed by atoms with Crippen LogP contribution in [0.4, 0.5) is 0 Å². The van der Waals surface area contributed by atoms with Gasteiger partial charge in [-0.1, -0.05) is 13.3 Å². The highest BCUT2D eigenvalue weighted by atomic mass is 16.2. The lowest BCUT2D eigenvalue weighted by atomic mass is 9.97. The van der Waals surface area contributed by atoms with E-state index in [1.165, 1.54) is 19.3 Å². The lowest BCUT2D eigenvalue weighted by Crippen LogP contribution is -2.53. The predicted octanol–water partition coefficient (Wildman–Crippen LogP) is 1.75. The zero-order valence-corrected chi connectivity index (χ0v) is 13.0. The van der Waals surface area contributed by atoms with Crippen LogP contribution in [0.25, 0.3) is 0 Å². The first-order valence-electron chi connectivity index (χ1n) is 7.80. The largest absolute Gasteiger partial charge is 0.352 e. The summed E-state index contributed by atoms with van der Waals surface area (Å²) in [5.41, 5.74) is 0. The number of nitrogens with one attached hydrogen (secondary N) is 2. The lowest BCUT2D eigenvalue weighted by molar-refractivity contribution is -0.128. The second-order valence-corrected chi connectivity index (χ2v) is 5.77. The summed E-state index contributed by atoms with van der Waals surface area (Å²) in [6.07, 6.45) is 5.86. The van der Waals surface area contributed by atoms with Gasteiger partial charge in [0.2, 0.25) is 5.91 Å². The molecule has 1 fully saturated rings. The van der Waals surface area contributed by atoms with Crippen LogP contribution >= 0.6 is 0 Å². The third-order valence-electron chi connectivity index (χ3n) is 4.28. The molecular formula is C15H31N3O. The van der Waals surface area contributed by atoms with Crippen LogP contribution in [0, 0.1) is 0 Å². The Morgan fingerprint density at radius 2 is 2.11 bits per heavy atom. The van der Waals surface area contributed by atoms with Crippen LogP contribution < -0.4 is 10.6 Å². The van der Waals surface area contributed by atoms with Crippen molar-refractivity contribution < 1.29 is 4.79 Å². The average molecular weight is 269 g/mol. The van der Waals surface area contributed by atoms with E-state index in [1.807, 2.05) is 7.05 Å². The number of rotatable bonds is 7. The van der Waals surface area contributed by atoms with Crippen LogP contribution in [-0.4, -0.2) is 49.1 Å². The van der Waals surface area contributed by atoms with E-state index >= 15 is 0 Å². The smallest absolute Gasteiger partial charge is 0.237 e. The number of hydrogen-bond acceptors (Lipinski definition) is 3. The molecule has 0 bridgehead atoms. The van der Waals surface area contributed by atoms with E-state index in [-0.39, 0.29) is 18.0 Å². The highest BCUT2D eigenvalue weighted by Crippen LogP contribution is 2.22. The van der Waals surface area contributed by atoms with Gasteiger partial charge in [-0.15, -0.1) is 0 Å². The van der Waals surface area contributed by atoms with E-state index in [4.69, 9.17) is 0 Å². The maximum Gasteiger partial charge on any atom is 0.237 e. The molecular weight excluding hydrogens is 238 g/mol. The number of likely N-dealkylation sites (tertiary alicyclic amines) is 1. The Morgan fingerprint density at radius 3 is 2.74 bits per heavy atom. The van der Waals surface area contributed by atoms with Gasteiger partial charge < -0.3 is 10.6 Å². The van der Waals surface area contributed by atoms with E-state index in [2.05, 4.69) is 36.3 Å². The number of amides is 1. The summed E-state index contributed by atoms with van der Waals surface area (Å²) in [4.78, 5) is 14.7. The quantitative estimate of drug-likeness (QED) is 0.740. The van der Waals surface area contributed by atoms with Gasteiger partial charge in [-0.05, 0) is 59.7 Å². The minimum Gasteiger partial charge on any atom is -0.352 e. The molecule has 3 atom stereocenters. The first-order chi connectivity index (χ1) is 9.10. The fourth-order valence-electron chi connectivity index (χ4n) is 2.77. The van der Waals surface area contributed by atoms with Crippen LogP contribution in [0.5, 0.6) is 0 Å². The van der Waals surface area contributed by atoms with Crippen LogP contribution in [-0.2, 0) is 4.79 Å². The minimum absolute atomic E-state index is 0.00356. The van der Waals surface area contributed by atoms with Gasteiger partial charge in [0.05, 0.1) is 6.04 Å². The van der Waals surface area contributed by atoms with Crippen molar-refractivity contribution >= 4 is 5.91 Å². The van der Waals surface area contributed by atoms with Crippen molar-refractivity contribution in [3.05, 3.63) is 0 Å². The maximum atomic E-state index is 12.3. The fourth-order valence-corrected chi connectivity index (χ4v) is 2.77. The first kappa shape index (κ1) is 16.4. The lowest BCUT2D eigenvalue weighted by Gasteiger charge is -2.39. The van der Waals surface area contributed by atoms with Crippen LogP contribution in [0.1, 0.15) is 52.9 Å². The van der Waals surface area contributed by atoms with Crippen molar-refractivity contribution in [1.29, 1.82) is 0 Å². The third-order valence-corrected chi connectivity index (χ3v) is 4.28. The molecule has 3 unspecified atom stereocenters. The third kappa shape index (κ3) is 5.11. The summed E-state index contributed by atoms with van der Waals surface area (Å²) < 4.78 is 0. The van der Waals surface area contributed by atoms with Gasteiger partial charge in [0, 0.05) is 12.1 Å². The zero-order chi connectivity index (χ0) is 14.3. The normalized spacial score (nSPS) is 23.9. The maximum absolute atomic E-state index is 12.3. The molecule has 0 aromatic carbocycles. The molecule has 4 heteroatoms. The topological polar surface area (TPSA) is 44.4 Å². The Bertz CT molecular complexity index is 270. The van der Waals surface area contributed by atoms with Gasteiger partial charge in [-0.3, -0.25) is 9.69 Å². The number of nitrogens with zero attached hydrogens (tertiary/aromatic N) is 1. The van der Waals surface area contributed by atoms with Gasteiger partial charge in [0.15, 0.2) is 0 Å². The highest BCUT2D eigenvalue weighted by Gasteiger charge is 2.30. The Hall–Kier alpha value is -0.610. The molecule has 4 nitrogen and oxygen atoms in total. The average Bonchev–Trinajstić information content (AvgIpc) is 2.44. The van der Waals surface area contributed by atoms with Crippen molar-refractivity contribution in [3.8, 4) is 0 Å². The zero-order valence-electron chi connectivity index (χ0n) is 13.0. The molecule has 19 heavy (non-hydrogen) atoms. The molecule has 1 aliphatic heterocycles. The molecule has 0 spiro atoms. The van der Waals surface area contributed by atoms with Crippen molar-refractivity contribution in [3.63, 3.8) is 0 Å². The summed E-state index contributed by atoms with van der Waals surface area (Å²) in [6.45, 7) is 8.31. The van der Waals surface area contributed by atoms with Crippen molar-refractivity contribution in [2.45, 2.75) is 71.0 Å². The predicted molar refractivity (Wildman–Crippen MR) is 80.2 cm³/mol. The van der Waals surface area contributed by atoms with Crippen LogP contribution in [0.15, 0.2) is 0 Å². The summed E-state index contributed by atoms with van der Waals surface area (Å²) in [7, 11) is 1.99. The summed E-state index contributed by atoms with van der Waals surface area (Å²) >= 11 is 0. The summed E-state index contributed by atoms with van der Waals surface area (Å²) in [6, 6.07) is 0.825. The van der Waals surface area contributed by atoms with Gasteiger partial charge in [0.25, 0.3) is 0 Å². The summed E-state index contributed by atoms with van der Waals surface area (Å²) in [5, 5.41) is 6.32. The Labute approximate surface area is 118 Å². The molecule has 1 saturated heterocycles. The van der Waals surface area contributed by atoms with Crippen LogP contribution in [0.2, 0.25) is 0 Å². The molecule has 0 radical (unpaired) electrons. The second-order valence-electron chi connectivity index (χ2n) is 5.77. The molecule has 112 valence electrons. The molecule has 0 aromatic rings. The van der Waals surface area contributed by atoms with Crippen molar-refractivity contribution in [2.75, 3.05) is 20.1 Å². The molecule has 0 aliphatic carbocycles. The molecule has 0 aromatic heterocycles. The first-order valence-corrected chi connectivity index (χ1v) is 7.80. The SMILES string of the molecule is CCC(C)NC(=O)C(C)N1CCCCC1CCNC. The number of hydrogen-bond donors (Lipinski definition) is 2. The molecule has 1 rings (SSSR count). The molecule has 1 amide bonds. The Balaban J connectivity index is 2.55. The number of piperidine rings is 1. The van der Waals surface area contributed by atoms with Crippen LogP contribution in [0.3, 0.4) is 0 Å². The van der Waals surface area contributed by atoms with E-state index < -0.39 is 0 Å².